The van der Waals surface area contributed by atoms with Crippen LogP contribution in [0.15, 0.2) is 24.3 Å². The van der Waals surface area contributed by atoms with Gasteiger partial charge < -0.3 is 11.1 Å². The average molecular weight is 311 g/mol. The number of hydrogen-bond donors (Lipinski definition) is 2. The number of benzene rings is 1. The van der Waals surface area contributed by atoms with Crippen molar-refractivity contribution < 1.29 is 18.0 Å². The highest BCUT2D eigenvalue weighted by atomic mass is 35.5. The molecule has 0 saturated carbocycles. The van der Waals surface area contributed by atoms with Crippen molar-refractivity contribution in [2.24, 2.45) is 11.7 Å². The summed E-state index contributed by atoms with van der Waals surface area (Å²) in [7, 11) is 0. The van der Waals surface area contributed by atoms with Gasteiger partial charge in [0.1, 0.15) is 0 Å². The van der Waals surface area contributed by atoms with E-state index in [0.717, 1.165) is 12.1 Å². The largest absolute Gasteiger partial charge is 0.416 e. The third kappa shape index (κ3) is 5.38. The molecule has 1 aromatic rings. The molecule has 0 bridgehead atoms. The van der Waals surface area contributed by atoms with Gasteiger partial charge in [-0.2, -0.15) is 13.2 Å². The van der Waals surface area contributed by atoms with Crippen LogP contribution in [0.2, 0.25) is 0 Å². The van der Waals surface area contributed by atoms with Gasteiger partial charge in [0.15, 0.2) is 0 Å². The van der Waals surface area contributed by atoms with Crippen molar-refractivity contribution in [2.75, 3.05) is 0 Å². The first kappa shape index (κ1) is 18.7. The maximum Gasteiger partial charge on any atom is 0.416 e. The van der Waals surface area contributed by atoms with Gasteiger partial charge in [-0.25, -0.2) is 0 Å². The van der Waals surface area contributed by atoms with E-state index in [4.69, 9.17) is 5.73 Å². The molecule has 0 fully saturated rings. The summed E-state index contributed by atoms with van der Waals surface area (Å²) in [6.45, 7) is 3.63. The molecule has 0 saturated heterocycles. The van der Waals surface area contributed by atoms with Crippen LogP contribution in [0.5, 0.6) is 0 Å². The van der Waals surface area contributed by atoms with E-state index in [1.165, 1.54) is 12.1 Å². The minimum atomic E-state index is -4.38. The molecule has 1 rings (SSSR count). The summed E-state index contributed by atoms with van der Waals surface area (Å²) in [4.78, 5) is 11.6. The number of rotatable bonds is 4. The van der Waals surface area contributed by atoms with Crippen LogP contribution in [-0.2, 0) is 17.5 Å². The Morgan fingerprint density at radius 1 is 1.35 bits per heavy atom. The average Bonchev–Trinajstić information content (AvgIpc) is 2.34. The second-order valence-corrected chi connectivity index (χ2v) is 4.69. The number of alkyl halides is 3. The molecule has 0 aliphatic rings. The topological polar surface area (TPSA) is 55.1 Å². The molecule has 0 aliphatic carbocycles. The molecule has 114 valence electrons. The minimum absolute atomic E-state index is 0. The molecule has 20 heavy (non-hydrogen) atoms. The summed E-state index contributed by atoms with van der Waals surface area (Å²) in [6, 6.07) is 4.18. The maximum atomic E-state index is 12.5. The van der Waals surface area contributed by atoms with E-state index in [0.29, 0.717) is 5.56 Å². The fourth-order valence-electron chi connectivity index (χ4n) is 1.47. The highest BCUT2D eigenvalue weighted by Gasteiger charge is 2.30. The smallest absolute Gasteiger partial charge is 0.351 e. The molecule has 7 heteroatoms. The van der Waals surface area contributed by atoms with Crippen LogP contribution in [0.25, 0.3) is 0 Å². The van der Waals surface area contributed by atoms with Gasteiger partial charge in [-0.15, -0.1) is 12.4 Å². The Bertz CT molecular complexity index is 449. The van der Waals surface area contributed by atoms with Crippen LogP contribution >= 0.6 is 12.4 Å². The summed E-state index contributed by atoms with van der Waals surface area (Å²) in [6.07, 6.45) is -4.38. The molecule has 3 nitrogen and oxygen atoms in total. The van der Waals surface area contributed by atoms with Crippen molar-refractivity contribution in [1.82, 2.24) is 5.32 Å². The Balaban J connectivity index is 0.00000361. The van der Waals surface area contributed by atoms with Crippen LogP contribution in [-0.4, -0.2) is 11.9 Å². The molecular formula is C13H18ClF3N2O. The van der Waals surface area contributed by atoms with Gasteiger partial charge >= 0.3 is 6.18 Å². The summed E-state index contributed by atoms with van der Waals surface area (Å²) >= 11 is 0. The van der Waals surface area contributed by atoms with Crippen LogP contribution in [0.4, 0.5) is 13.2 Å². The van der Waals surface area contributed by atoms with Gasteiger partial charge in [0.25, 0.3) is 0 Å². The lowest BCUT2D eigenvalue weighted by atomic mass is 10.0. The zero-order valence-electron chi connectivity index (χ0n) is 11.2. The molecule has 1 aromatic carbocycles. The summed E-state index contributed by atoms with van der Waals surface area (Å²) in [5.41, 5.74) is 5.29. The molecule has 0 aromatic heterocycles. The Kier molecular flexibility index (Phi) is 7.02. The van der Waals surface area contributed by atoms with Gasteiger partial charge in [0.05, 0.1) is 11.6 Å². The molecule has 3 N–H and O–H groups in total. The number of carbonyl (C=O) groups excluding carboxylic acids is 1. The standard InChI is InChI=1S/C13H17F3N2O.ClH/c1-8(2)11(17)12(19)18-7-9-4-3-5-10(6-9)13(14,15)16;/h3-6,8,11H,7,17H2,1-2H3,(H,18,19);1H/t11-;/m1./s1. The summed E-state index contributed by atoms with van der Waals surface area (Å²) in [5.74, 6) is -0.395. The lowest BCUT2D eigenvalue weighted by Gasteiger charge is -2.15. The van der Waals surface area contributed by atoms with Gasteiger partial charge in [-0.3, -0.25) is 4.79 Å². The normalized spacial score (nSPS) is 12.8. The third-order valence-electron chi connectivity index (χ3n) is 2.74. The first-order valence-corrected chi connectivity index (χ1v) is 5.91. The fourth-order valence-corrected chi connectivity index (χ4v) is 1.47. The Morgan fingerprint density at radius 3 is 2.45 bits per heavy atom. The minimum Gasteiger partial charge on any atom is -0.351 e. The maximum absolute atomic E-state index is 12.5. The summed E-state index contributed by atoms with van der Waals surface area (Å²) < 4.78 is 37.5. The van der Waals surface area contributed by atoms with Gasteiger partial charge in [0, 0.05) is 6.54 Å². The van der Waals surface area contributed by atoms with E-state index in [1.807, 2.05) is 0 Å². The zero-order valence-corrected chi connectivity index (χ0v) is 12.0. The Hall–Kier alpha value is -1.27. The molecule has 0 radical (unpaired) electrons. The third-order valence-corrected chi connectivity index (χ3v) is 2.74. The SMILES string of the molecule is CC(C)[C@@H](N)C(=O)NCc1cccc(C(F)(F)F)c1.Cl. The molecular weight excluding hydrogens is 293 g/mol. The molecule has 1 amide bonds. The number of amides is 1. The lowest BCUT2D eigenvalue weighted by Crippen LogP contribution is -2.43. The predicted octanol–water partition coefficient (Wildman–Crippen LogP) is 2.73. The quantitative estimate of drug-likeness (QED) is 0.898. The van der Waals surface area contributed by atoms with Crippen molar-refractivity contribution in [2.45, 2.75) is 32.6 Å². The van der Waals surface area contributed by atoms with Crippen molar-refractivity contribution in [1.29, 1.82) is 0 Å². The van der Waals surface area contributed by atoms with Gasteiger partial charge in [-0.05, 0) is 23.6 Å². The molecule has 0 spiro atoms. The van der Waals surface area contributed by atoms with Gasteiger partial charge in [-0.1, -0.05) is 26.0 Å². The first-order valence-electron chi connectivity index (χ1n) is 5.91. The lowest BCUT2D eigenvalue weighted by molar-refractivity contribution is -0.137. The number of nitrogens with one attached hydrogen (secondary N) is 1. The molecule has 0 unspecified atom stereocenters. The highest BCUT2D eigenvalue weighted by Crippen LogP contribution is 2.29. The summed E-state index contributed by atoms with van der Waals surface area (Å²) in [5, 5.41) is 2.53. The fraction of sp³-hybridized carbons (Fsp3) is 0.462. The van der Waals surface area contributed by atoms with E-state index in [1.54, 1.807) is 13.8 Å². The molecule has 1 atom stereocenters. The Labute approximate surface area is 122 Å². The second-order valence-electron chi connectivity index (χ2n) is 4.69. The number of halogens is 4. The van der Waals surface area contributed by atoms with Crippen molar-refractivity contribution in [3.63, 3.8) is 0 Å². The highest BCUT2D eigenvalue weighted by molar-refractivity contribution is 5.85. The van der Waals surface area contributed by atoms with Crippen molar-refractivity contribution in [3.8, 4) is 0 Å². The number of hydrogen-bond acceptors (Lipinski definition) is 2. The second kappa shape index (κ2) is 7.50. The van der Waals surface area contributed by atoms with E-state index < -0.39 is 17.8 Å². The van der Waals surface area contributed by atoms with Gasteiger partial charge in [0.2, 0.25) is 5.91 Å². The van der Waals surface area contributed by atoms with Crippen LogP contribution in [0.1, 0.15) is 25.0 Å². The van der Waals surface area contributed by atoms with Crippen LogP contribution in [0, 0.1) is 5.92 Å². The van der Waals surface area contributed by atoms with Crippen LogP contribution in [0.3, 0.4) is 0 Å². The zero-order chi connectivity index (χ0) is 14.6. The monoisotopic (exact) mass is 310 g/mol. The van der Waals surface area contributed by atoms with Crippen LogP contribution < -0.4 is 11.1 Å². The molecule has 0 aliphatic heterocycles. The number of carbonyl (C=O) groups is 1. The van der Waals surface area contributed by atoms with Crippen molar-refractivity contribution in [3.05, 3.63) is 35.4 Å². The number of nitrogens with two attached hydrogens (primary N) is 1. The van der Waals surface area contributed by atoms with E-state index >= 15 is 0 Å². The van der Waals surface area contributed by atoms with E-state index in [-0.39, 0.29) is 30.8 Å². The predicted molar refractivity (Wildman–Crippen MR) is 73.4 cm³/mol. The molecule has 0 heterocycles. The Morgan fingerprint density at radius 2 is 1.95 bits per heavy atom. The first-order chi connectivity index (χ1) is 8.71. The van der Waals surface area contributed by atoms with E-state index in [9.17, 15) is 18.0 Å². The van der Waals surface area contributed by atoms with Crippen molar-refractivity contribution >= 4 is 18.3 Å². The van der Waals surface area contributed by atoms with E-state index in [2.05, 4.69) is 5.32 Å².